The molecule has 1 aliphatic heterocycles. The van der Waals surface area contributed by atoms with Crippen molar-refractivity contribution in [2.75, 3.05) is 50.0 Å². The number of fused-ring (bicyclic) bond motifs is 1. The Hall–Kier alpha value is -2.85. The van der Waals surface area contributed by atoms with Crippen LogP contribution in [0.1, 0.15) is 5.56 Å². The van der Waals surface area contributed by atoms with Crippen LogP contribution in [0.2, 0.25) is 0 Å². The van der Waals surface area contributed by atoms with Gasteiger partial charge in [0.15, 0.2) is 0 Å². The SMILES string of the molecule is FC(F)(F)CNc1nc(Nc2ccc(CCN3CCOCC3)cc2)nc2[nH]ccc12. The minimum Gasteiger partial charge on any atom is -0.379 e. The minimum absolute atomic E-state index is 0.128. The van der Waals surface area contributed by atoms with Crippen molar-refractivity contribution in [1.29, 1.82) is 0 Å². The summed E-state index contributed by atoms with van der Waals surface area (Å²) in [6.45, 7) is 3.31. The number of hydrogen-bond acceptors (Lipinski definition) is 6. The molecule has 30 heavy (non-hydrogen) atoms. The van der Waals surface area contributed by atoms with E-state index in [0.29, 0.717) is 11.0 Å². The average Bonchev–Trinajstić information content (AvgIpc) is 3.20. The Balaban J connectivity index is 1.41. The molecular weight excluding hydrogens is 397 g/mol. The molecule has 3 N–H and O–H groups in total. The molecule has 3 aromatic rings. The number of anilines is 3. The summed E-state index contributed by atoms with van der Waals surface area (Å²) in [5.74, 6) is 0.346. The number of hydrogen-bond donors (Lipinski definition) is 3. The predicted molar refractivity (Wildman–Crippen MR) is 109 cm³/mol. The van der Waals surface area contributed by atoms with Gasteiger partial charge in [0.1, 0.15) is 18.0 Å². The predicted octanol–water partition coefficient (Wildman–Crippen LogP) is 3.55. The van der Waals surface area contributed by atoms with E-state index >= 15 is 0 Å². The normalized spacial score (nSPS) is 15.4. The van der Waals surface area contributed by atoms with E-state index in [4.69, 9.17) is 4.74 Å². The molecule has 0 saturated carbocycles. The lowest BCUT2D eigenvalue weighted by Crippen LogP contribution is -2.37. The molecule has 3 heterocycles. The van der Waals surface area contributed by atoms with E-state index in [2.05, 4.69) is 30.5 Å². The standard InChI is InChI=1S/C20H23F3N6O/c21-20(22,23)13-25-18-16-5-7-24-17(16)27-19(28-18)26-15-3-1-14(2-4-15)6-8-29-9-11-30-12-10-29/h1-5,7H,6,8-13H2,(H3,24,25,26,27,28). The molecule has 7 nitrogen and oxygen atoms in total. The van der Waals surface area contributed by atoms with Gasteiger partial charge in [0, 0.05) is 31.5 Å². The topological polar surface area (TPSA) is 78.1 Å². The summed E-state index contributed by atoms with van der Waals surface area (Å²) in [6, 6.07) is 9.53. The van der Waals surface area contributed by atoms with E-state index in [-0.39, 0.29) is 11.8 Å². The lowest BCUT2D eigenvalue weighted by atomic mass is 10.1. The van der Waals surface area contributed by atoms with Gasteiger partial charge in [0.2, 0.25) is 5.95 Å². The number of H-pyrrole nitrogens is 1. The van der Waals surface area contributed by atoms with Gasteiger partial charge >= 0.3 is 6.18 Å². The zero-order valence-corrected chi connectivity index (χ0v) is 16.3. The summed E-state index contributed by atoms with van der Waals surface area (Å²) in [6.07, 6.45) is -1.78. The van der Waals surface area contributed by atoms with Crippen molar-refractivity contribution in [3.63, 3.8) is 0 Å². The molecular formula is C20H23F3N6O. The van der Waals surface area contributed by atoms with Crippen LogP contribution >= 0.6 is 0 Å². The van der Waals surface area contributed by atoms with Crippen molar-refractivity contribution in [1.82, 2.24) is 19.9 Å². The number of nitrogens with one attached hydrogen (secondary N) is 3. The van der Waals surface area contributed by atoms with Gasteiger partial charge in [-0.05, 0) is 30.2 Å². The number of halogens is 3. The number of rotatable bonds is 7. The minimum atomic E-state index is -4.34. The second kappa shape index (κ2) is 8.88. The van der Waals surface area contributed by atoms with Gasteiger partial charge in [-0.2, -0.15) is 23.1 Å². The zero-order valence-electron chi connectivity index (χ0n) is 16.3. The zero-order chi connectivity index (χ0) is 21.0. The van der Waals surface area contributed by atoms with Crippen LogP contribution in [-0.2, 0) is 11.2 Å². The van der Waals surface area contributed by atoms with Gasteiger partial charge in [-0.1, -0.05) is 12.1 Å². The Morgan fingerprint density at radius 3 is 2.57 bits per heavy atom. The maximum absolute atomic E-state index is 12.6. The molecule has 1 saturated heterocycles. The van der Waals surface area contributed by atoms with Crippen molar-refractivity contribution < 1.29 is 17.9 Å². The van der Waals surface area contributed by atoms with Crippen LogP contribution in [-0.4, -0.2) is 65.4 Å². The molecule has 4 rings (SSSR count). The Labute approximate surface area is 171 Å². The highest BCUT2D eigenvalue weighted by Crippen LogP contribution is 2.25. The fourth-order valence-corrected chi connectivity index (χ4v) is 3.31. The van der Waals surface area contributed by atoms with Crippen molar-refractivity contribution >= 4 is 28.5 Å². The van der Waals surface area contributed by atoms with E-state index in [1.807, 2.05) is 24.3 Å². The lowest BCUT2D eigenvalue weighted by Gasteiger charge is -2.26. The fraction of sp³-hybridized carbons (Fsp3) is 0.400. The largest absolute Gasteiger partial charge is 0.405 e. The molecule has 1 aliphatic rings. The van der Waals surface area contributed by atoms with E-state index in [0.717, 1.165) is 45.0 Å². The number of alkyl halides is 3. The number of benzene rings is 1. The van der Waals surface area contributed by atoms with Crippen LogP contribution in [0.5, 0.6) is 0 Å². The van der Waals surface area contributed by atoms with E-state index in [1.54, 1.807) is 12.3 Å². The summed E-state index contributed by atoms with van der Waals surface area (Å²) >= 11 is 0. The fourth-order valence-electron chi connectivity index (χ4n) is 3.31. The molecule has 0 amide bonds. The molecule has 0 bridgehead atoms. The molecule has 160 valence electrons. The van der Waals surface area contributed by atoms with Crippen molar-refractivity contribution in [2.45, 2.75) is 12.6 Å². The Kier molecular flexibility index (Phi) is 6.05. The number of aromatic nitrogens is 3. The number of ether oxygens (including phenoxy) is 1. The van der Waals surface area contributed by atoms with Gasteiger partial charge in [0.05, 0.1) is 18.6 Å². The highest BCUT2D eigenvalue weighted by atomic mass is 19.4. The van der Waals surface area contributed by atoms with Crippen LogP contribution in [0.25, 0.3) is 11.0 Å². The van der Waals surface area contributed by atoms with Gasteiger partial charge in [-0.15, -0.1) is 0 Å². The maximum atomic E-state index is 12.6. The molecule has 0 atom stereocenters. The van der Waals surface area contributed by atoms with Gasteiger partial charge in [-0.25, -0.2) is 0 Å². The molecule has 10 heteroatoms. The Bertz CT molecular complexity index is 967. The summed E-state index contributed by atoms with van der Waals surface area (Å²) in [5, 5.41) is 5.92. The molecule has 0 radical (unpaired) electrons. The molecule has 0 spiro atoms. The monoisotopic (exact) mass is 420 g/mol. The highest BCUT2D eigenvalue weighted by Gasteiger charge is 2.27. The van der Waals surface area contributed by atoms with Crippen molar-refractivity contribution in [2.24, 2.45) is 0 Å². The third kappa shape index (κ3) is 5.39. The molecule has 1 aromatic carbocycles. The number of nitrogens with zero attached hydrogens (tertiary/aromatic N) is 3. The molecule has 1 fully saturated rings. The maximum Gasteiger partial charge on any atom is 0.405 e. The highest BCUT2D eigenvalue weighted by molar-refractivity contribution is 5.88. The average molecular weight is 420 g/mol. The van der Waals surface area contributed by atoms with E-state index < -0.39 is 12.7 Å². The Morgan fingerprint density at radius 1 is 1.07 bits per heavy atom. The summed E-state index contributed by atoms with van der Waals surface area (Å²) < 4.78 is 43.1. The molecule has 0 unspecified atom stereocenters. The van der Waals surface area contributed by atoms with Gasteiger partial charge in [0.25, 0.3) is 0 Å². The third-order valence-electron chi connectivity index (χ3n) is 4.90. The lowest BCUT2D eigenvalue weighted by molar-refractivity contribution is -0.115. The molecule has 0 aliphatic carbocycles. The first-order valence-electron chi connectivity index (χ1n) is 9.78. The van der Waals surface area contributed by atoms with Crippen molar-refractivity contribution in [3.05, 3.63) is 42.1 Å². The second-order valence-electron chi connectivity index (χ2n) is 7.13. The quantitative estimate of drug-likeness (QED) is 0.543. The number of aromatic amines is 1. The third-order valence-corrected chi connectivity index (χ3v) is 4.90. The van der Waals surface area contributed by atoms with E-state index in [9.17, 15) is 13.2 Å². The first kappa shape index (κ1) is 20.4. The first-order valence-corrected chi connectivity index (χ1v) is 9.78. The van der Waals surface area contributed by atoms with Crippen LogP contribution in [0, 0.1) is 0 Å². The second-order valence-corrected chi connectivity index (χ2v) is 7.13. The van der Waals surface area contributed by atoms with Crippen molar-refractivity contribution in [3.8, 4) is 0 Å². The molecule has 2 aromatic heterocycles. The Morgan fingerprint density at radius 2 is 1.83 bits per heavy atom. The van der Waals surface area contributed by atoms with Crippen LogP contribution in [0.3, 0.4) is 0 Å². The summed E-state index contributed by atoms with van der Waals surface area (Å²) in [5.41, 5.74) is 2.43. The summed E-state index contributed by atoms with van der Waals surface area (Å²) in [7, 11) is 0. The summed E-state index contributed by atoms with van der Waals surface area (Å²) in [4.78, 5) is 13.9. The van der Waals surface area contributed by atoms with Crippen LogP contribution < -0.4 is 10.6 Å². The van der Waals surface area contributed by atoms with Crippen LogP contribution in [0.4, 0.5) is 30.6 Å². The first-order chi connectivity index (χ1) is 14.5. The van der Waals surface area contributed by atoms with Gasteiger partial charge < -0.3 is 20.4 Å². The van der Waals surface area contributed by atoms with Gasteiger partial charge in [-0.3, -0.25) is 4.90 Å². The van der Waals surface area contributed by atoms with E-state index in [1.165, 1.54) is 5.56 Å². The number of morpholine rings is 1. The smallest absolute Gasteiger partial charge is 0.379 e. The van der Waals surface area contributed by atoms with Crippen LogP contribution in [0.15, 0.2) is 36.5 Å².